The van der Waals surface area contributed by atoms with Gasteiger partial charge in [0.1, 0.15) is 0 Å². The quantitative estimate of drug-likeness (QED) is 0.394. The molecule has 0 bridgehead atoms. The summed E-state index contributed by atoms with van der Waals surface area (Å²) in [7, 11) is 0. The van der Waals surface area contributed by atoms with Crippen molar-refractivity contribution in [2.45, 2.75) is 0 Å². The summed E-state index contributed by atoms with van der Waals surface area (Å²) >= 11 is 0. The van der Waals surface area contributed by atoms with Crippen molar-refractivity contribution in [3.63, 3.8) is 0 Å². The van der Waals surface area contributed by atoms with Gasteiger partial charge in [-0.1, -0.05) is 0 Å². The molecule has 0 radical (unpaired) electrons. The van der Waals surface area contributed by atoms with Gasteiger partial charge in [0, 0.05) is 0 Å². The Labute approximate surface area is 126 Å². The van der Waals surface area contributed by atoms with E-state index in [4.69, 9.17) is 0 Å². The molecule has 0 heterocycles. The largest absolute Gasteiger partial charge is 2.00 e. The van der Waals surface area contributed by atoms with Crippen molar-refractivity contribution < 1.29 is 16.4 Å². The van der Waals surface area contributed by atoms with E-state index < -0.39 is 0 Å². The zero-order chi connectivity index (χ0) is 0. The van der Waals surface area contributed by atoms with E-state index in [1.165, 1.54) is 0 Å². The van der Waals surface area contributed by atoms with E-state index in [0.29, 0.717) is 0 Å². The smallest absolute Gasteiger partial charge is 2.00 e. The minimum atomic E-state index is 0. The predicted molar refractivity (Wildman–Crippen MR) is 19.3 cm³/mol. The molecule has 0 rings (SSSR count). The van der Waals surface area contributed by atoms with Crippen LogP contribution in [0.2, 0.25) is 0 Å². The fraction of sp³-hybridized carbons (Fsp3) is 0. The molecule has 0 saturated carbocycles. The van der Waals surface area contributed by atoms with Crippen molar-refractivity contribution in [3.05, 3.63) is 0 Å². The monoisotopic (exact) mass is 168 g/mol. The summed E-state index contributed by atoms with van der Waals surface area (Å²) in [5, 5.41) is 0. The zero-order valence-corrected chi connectivity index (χ0v) is 9.97. The fourth-order valence-electron chi connectivity index (χ4n) is 0. The van der Waals surface area contributed by atoms with Gasteiger partial charge in [0.2, 0.25) is 0 Å². The van der Waals surface area contributed by atoms with Gasteiger partial charge in [-0.05, 0) is 0 Å². The molecule has 0 atom stereocenters. The molecule has 0 aliphatic rings. The van der Waals surface area contributed by atoms with Gasteiger partial charge in [-0.3, -0.25) is 0 Å². The molecule has 6 heavy (non-hydrogen) atoms. The first kappa shape index (κ1) is 54.1. The molecule has 0 saturated heterocycles. The number of hydrogen-bond acceptors (Lipinski definition) is 0. The van der Waals surface area contributed by atoms with Crippen molar-refractivity contribution in [1.82, 2.24) is 0 Å². The van der Waals surface area contributed by atoms with Gasteiger partial charge < -0.3 is 16.4 Å². The van der Waals surface area contributed by atoms with Gasteiger partial charge in [0.15, 0.2) is 0 Å². The second-order valence-electron chi connectivity index (χ2n) is 0. The fourth-order valence-corrected chi connectivity index (χ4v) is 0. The van der Waals surface area contributed by atoms with Gasteiger partial charge >= 0.3 is 113 Å². The Balaban J connectivity index is 0. The van der Waals surface area contributed by atoms with Gasteiger partial charge in [0.25, 0.3) is 0 Å². The number of rotatable bonds is 0. The maximum atomic E-state index is 0. The van der Waals surface area contributed by atoms with Crippen LogP contribution in [0.1, 0.15) is 0 Å². The standard InChI is InChI=1S/3Ca.3O/q3*+2;3*-2. The minimum absolute atomic E-state index is 0. The first-order chi connectivity index (χ1) is 0. The molecule has 0 aromatic carbocycles. The SMILES string of the molecule is [Ca+2].[Ca+2].[Ca+2].[O-2].[O-2].[O-2]. The van der Waals surface area contributed by atoms with Crippen molar-refractivity contribution in [2.24, 2.45) is 0 Å². The third-order valence-electron chi connectivity index (χ3n) is 0. The first-order valence-electron chi connectivity index (χ1n) is 0. The second kappa shape index (κ2) is 37.9. The maximum Gasteiger partial charge on any atom is 2.00 e. The van der Waals surface area contributed by atoms with E-state index in [-0.39, 0.29) is 130 Å². The average molecular weight is 168 g/mol. The molecule has 0 fully saturated rings. The van der Waals surface area contributed by atoms with Crippen molar-refractivity contribution >= 4 is 113 Å². The zero-order valence-electron chi connectivity index (χ0n) is 3.35. The average Bonchev–Trinajstić information content (AvgIpc) is 0. The molecule has 0 amide bonds. The minimum Gasteiger partial charge on any atom is -2.00 e. The molecule has 3 nitrogen and oxygen atoms in total. The number of hydrogen-bond donors (Lipinski definition) is 0. The van der Waals surface area contributed by atoms with Gasteiger partial charge in [-0.2, -0.15) is 0 Å². The predicted octanol–water partition coefficient (Wildman–Crippen LogP) is -1.50. The molecule has 24 valence electrons. The molecule has 0 aliphatic heterocycles. The third kappa shape index (κ3) is 25.4. The van der Waals surface area contributed by atoms with Crippen LogP contribution in [0.4, 0.5) is 0 Å². The van der Waals surface area contributed by atoms with Crippen LogP contribution in [0.3, 0.4) is 0 Å². The van der Waals surface area contributed by atoms with Crippen LogP contribution >= 0.6 is 0 Å². The van der Waals surface area contributed by atoms with Crippen LogP contribution in [-0.2, 0) is 16.4 Å². The van der Waals surface area contributed by atoms with Crippen LogP contribution in [0.15, 0.2) is 0 Å². The molecule has 0 unspecified atom stereocenters. The summed E-state index contributed by atoms with van der Waals surface area (Å²) in [6.07, 6.45) is 0. The van der Waals surface area contributed by atoms with Gasteiger partial charge in [-0.25, -0.2) is 0 Å². The maximum absolute atomic E-state index is 0. The van der Waals surface area contributed by atoms with Crippen LogP contribution in [0.25, 0.3) is 0 Å². The summed E-state index contributed by atoms with van der Waals surface area (Å²) in [6.45, 7) is 0. The molecular formula is Ca3O3. The Morgan fingerprint density at radius 1 is 0.333 bits per heavy atom. The Morgan fingerprint density at radius 2 is 0.333 bits per heavy atom. The summed E-state index contributed by atoms with van der Waals surface area (Å²) in [4.78, 5) is 0. The normalized spacial score (nSPS) is 0. The van der Waals surface area contributed by atoms with Crippen molar-refractivity contribution in [3.8, 4) is 0 Å². The molecule has 0 N–H and O–H groups in total. The van der Waals surface area contributed by atoms with Gasteiger partial charge in [0.05, 0.1) is 0 Å². The van der Waals surface area contributed by atoms with Gasteiger partial charge in [-0.15, -0.1) is 0 Å². The van der Waals surface area contributed by atoms with E-state index in [1.807, 2.05) is 0 Å². The molecule has 6 heteroatoms. The molecule has 0 spiro atoms. The van der Waals surface area contributed by atoms with Crippen LogP contribution < -0.4 is 0 Å². The van der Waals surface area contributed by atoms with Crippen LogP contribution in [0.5, 0.6) is 0 Å². The van der Waals surface area contributed by atoms with E-state index in [2.05, 4.69) is 0 Å². The molecule has 0 aromatic rings. The Morgan fingerprint density at radius 3 is 0.333 bits per heavy atom. The molecular weight excluding hydrogens is 168 g/mol. The summed E-state index contributed by atoms with van der Waals surface area (Å²) < 4.78 is 0. The Bertz CT molecular complexity index is 6.00. The Kier molecular flexibility index (Phi) is 342. The second-order valence-corrected chi connectivity index (χ2v) is 0. The molecule has 0 aromatic heterocycles. The summed E-state index contributed by atoms with van der Waals surface area (Å²) in [6, 6.07) is 0. The van der Waals surface area contributed by atoms with E-state index in [1.54, 1.807) is 0 Å². The summed E-state index contributed by atoms with van der Waals surface area (Å²) in [5.74, 6) is 0. The van der Waals surface area contributed by atoms with Crippen LogP contribution in [-0.4, -0.2) is 113 Å². The van der Waals surface area contributed by atoms with E-state index >= 15 is 0 Å². The first-order valence-corrected chi connectivity index (χ1v) is 0. The van der Waals surface area contributed by atoms with Crippen molar-refractivity contribution in [1.29, 1.82) is 0 Å². The summed E-state index contributed by atoms with van der Waals surface area (Å²) in [5.41, 5.74) is 0. The topological polar surface area (TPSA) is 85.5 Å². The van der Waals surface area contributed by atoms with Crippen molar-refractivity contribution in [2.75, 3.05) is 0 Å². The Hall–Kier alpha value is 3.66. The van der Waals surface area contributed by atoms with E-state index in [9.17, 15) is 0 Å². The molecule has 0 aliphatic carbocycles. The van der Waals surface area contributed by atoms with E-state index in [0.717, 1.165) is 0 Å². The van der Waals surface area contributed by atoms with Crippen LogP contribution in [0, 0.1) is 0 Å². The third-order valence-corrected chi connectivity index (χ3v) is 0.